The fourth-order valence-electron chi connectivity index (χ4n) is 4.38. The number of allylic oxidation sites excluding steroid dienone is 1. The summed E-state index contributed by atoms with van der Waals surface area (Å²) in [6.45, 7) is 2.00. The lowest BCUT2D eigenvalue weighted by Gasteiger charge is -2.30. The van der Waals surface area contributed by atoms with Crippen molar-refractivity contribution in [2.45, 2.75) is 44.6 Å². The van der Waals surface area contributed by atoms with Crippen LogP contribution in [-0.4, -0.2) is 30.3 Å². The molecule has 0 radical (unpaired) electrons. The first-order valence-electron chi connectivity index (χ1n) is 11.5. The van der Waals surface area contributed by atoms with E-state index >= 15 is 0 Å². The molecule has 34 heavy (non-hydrogen) atoms. The molecule has 6 nitrogen and oxygen atoms in total. The van der Waals surface area contributed by atoms with Crippen molar-refractivity contribution in [1.29, 1.82) is 5.26 Å². The molecule has 1 aliphatic carbocycles. The molecule has 2 aliphatic rings. The van der Waals surface area contributed by atoms with E-state index in [1.807, 2.05) is 47.8 Å². The predicted molar refractivity (Wildman–Crippen MR) is 136 cm³/mol. The second-order valence-corrected chi connectivity index (χ2v) is 10.1. The average Bonchev–Trinajstić information content (AvgIpc) is 3.57. The standard InChI is InChI=1S/C26H27N3O3S2/c1-2-32-26(31)23-22(20-13-8-14-33-20)19(15-27)25(29-24(23)17-9-4-3-5-10-17)34-16-21(30)28-18-11-6-7-12-18/h3-5,8-10,13-14,18,22,29H,2,6-7,11-12,16H2,1H3,(H,28,30). The van der Waals surface area contributed by atoms with E-state index in [-0.39, 0.29) is 24.3 Å². The van der Waals surface area contributed by atoms with Crippen LogP contribution in [0.25, 0.3) is 5.70 Å². The summed E-state index contributed by atoms with van der Waals surface area (Å²) in [5.41, 5.74) is 2.25. The number of nitrogens with zero attached hydrogens (tertiary/aromatic N) is 1. The molecule has 2 heterocycles. The summed E-state index contributed by atoms with van der Waals surface area (Å²) < 4.78 is 5.43. The van der Waals surface area contributed by atoms with Crippen LogP contribution < -0.4 is 10.6 Å². The van der Waals surface area contributed by atoms with Gasteiger partial charge in [0.25, 0.3) is 0 Å². The lowest BCUT2D eigenvalue weighted by atomic mass is 9.85. The Balaban J connectivity index is 1.71. The lowest BCUT2D eigenvalue weighted by molar-refractivity contribution is -0.138. The summed E-state index contributed by atoms with van der Waals surface area (Å²) in [4.78, 5) is 26.7. The number of thioether (sulfide) groups is 1. The van der Waals surface area contributed by atoms with Gasteiger partial charge in [0.15, 0.2) is 0 Å². The maximum Gasteiger partial charge on any atom is 0.337 e. The number of ether oxygens (including phenoxy) is 1. The Morgan fingerprint density at radius 1 is 1.21 bits per heavy atom. The zero-order chi connectivity index (χ0) is 23.9. The van der Waals surface area contributed by atoms with E-state index in [9.17, 15) is 14.9 Å². The van der Waals surface area contributed by atoms with Crippen molar-refractivity contribution in [3.8, 4) is 6.07 Å². The highest BCUT2D eigenvalue weighted by atomic mass is 32.2. The molecule has 1 aliphatic heterocycles. The number of carbonyl (C=O) groups is 2. The van der Waals surface area contributed by atoms with Crippen LogP contribution in [0, 0.1) is 11.3 Å². The number of dihydropyridines is 1. The predicted octanol–water partition coefficient (Wildman–Crippen LogP) is 4.94. The first kappa shape index (κ1) is 24.1. The quantitative estimate of drug-likeness (QED) is 0.507. The van der Waals surface area contributed by atoms with Crippen molar-refractivity contribution in [3.05, 3.63) is 74.5 Å². The highest BCUT2D eigenvalue weighted by molar-refractivity contribution is 8.03. The third-order valence-corrected chi connectivity index (χ3v) is 7.86. The second kappa shape index (κ2) is 11.4. The SMILES string of the molecule is CCOC(=O)C1=C(c2ccccc2)NC(SCC(=O)NC2CCCC2)=C(C#N)C1c1cccs1. The van der Waals surface area contributed by atoms with Gasteiger partial charge in [-0.3, -0.25) is 4.79 Å². The van der Waals surface area contributed by atoms with Gasteiger partial charge in [-0.1, -0.05) is 61.0 Å². The average molecular weight is 494 g/mol. The number of nitrogens with one attached hydrogen (secondary N) is 2. The van der Waals surface area contributed by atoms with Gasteiger partial charge in [0.1, 0.15) is 0 Å². The van der Waals surface area contributed by atoms with Crippen LogP contribution in [0.4, 0.5) is 0 Å². The summed E-state index contributed by atoms with van der Waals surface area (Å²) in [7, 11) is 0. The van der Waals surface area contributed by atoms with Crippen LogP contribution in [0.5, 0.6) is 0 Å². The van der Waals surface area contributed by atoms with Gasteiger partial charge in [-0.2, -0.15) is 5.26 Å². The minimum absolute atomic E-state index is 0.0439. The van der Waals surface area contributed by atoms with E-state index in [4.69, 9.17) is 4.74 Å². The van der Waals surface area contributed by atoms with Crippen LogP contribution >= 0.6 is 23.1 Å². The molecule has 1 atom stereocenters. The largest absolute Gasteiger partial charge is 0.463 e. The third kappa shape index (κ3) is 5.37. The zero-order valence-corrected chi connectivity index (χ0v) is 20.6. The first-order chi connectivity index (χ1) is 16.6. The Morgan fingerprint density at radius 3 is 2.62 bits per heavy atom. The Kier molecular flexibility index (Phi) is 8.09. The van der Waals surface area contributed by atoms with E-state index in [2.05, 4.69) is 16.7 Å². The number of thiophene rings is 1. The van der Waals surface area contributed by atoms with Crippen molar-refractivity contribution in [2.75, 3.05) is 12.4 Å². The Morgan fingerprint density at radius 2 is 1.97 bits per heavy atom. The summed E-state index contributed by atoms with van der Waals surface area (Å²) in [5, 5.41) is 19.1. The number of hydrogen-bond acceptors (Lipinski definition) is 7. The number of nitriles is 1. The van der Waals surface area contributed by atoms with Gasteiger partial charge >= 0.3 is 5.97 Å². The van der Waals surface area contributed by atoms with Crippen LogP contribution in [0.1, 0.15) is 49.0 Å². The number of hydrogen-bond donors (Lipinski definition) is 2. The summed E-state index contributed by atoms with van der Waals surface area (Å²) in [5.74, 6) is -0.876. The maximum absolute atomic E-state index is 13.2. The van der Waals surface area contributed by atoms with Gasteiger partial charge < -0.3 is 15.4 Å². The first-order valence-corrected chi connectivity index (χ1v) is 13.3. The molecule has 8 heteroatoms. The summed E-state index contributed by atoms with van der Waals surface area (Å²) in [6, 6.07) is 15.9. The number of carbonyl (C=O) groups excluding carboxylic acids is 2. The van der Waals surface area contributed by atoms with Crippen LogP contribution in [-0.2, 0) is 14.3 Å². The Hall–Kier alpha value is -3.02. The van der Waals surface area contributed by atoms with E-state index < -0.39 is 11.9 Å². The van der Waals surface area contributed by atoms with E-state index in [0.29, 0.717) is 21.9 Å². The summed E-state index contributed by atoms with van der Waals surface area (Å²) in [6.07, 6.45) is 4.33. The molecule has 0 spiro atoms. The smallest absolute Gasteiger partial charge is 0.337 e. The van der Waals surface area contributed by atoms with Gasteiger partial charge in [0, 0.05) is 10.9 Å². The molecule has 1 aromatic carbocycles. The molecule has 1 amide bonds. The minimum Gasteiger partial charge on any atom is -0.463 e. The highest BCUT2D eigenvalue weighted by Crippen LogP contribution is 2.44. The van der Waals surface area contributed by atoms with Gasteiger partial charge in [-0.25, -0.2) is 4.79 Å². The topological polar surface area (TPSA) is 91.2 Å². The van der Waals surface area contributed by atoms with E-state index in [1.54, 1.807) is 6.92 Å². The molecular weight excluding hydrogens is 466 g/mol. The fraction of sp³-hybridized carbons (Fsp3) is 0.346. The molecule has 1 unspecified atom stereocenters. The number of amides is 1. The molecule has 4 rings (SSSR count). The molecule has 1 fully saturated rings. The Labute approximate surface area is 208 Å². The molecular formula is C26H27N3O3S2. The van der Waals surface area contributed by atoms with E-state index in [0.717, 1.165) is 36.1 Å². The molecule has 0 saturated heterocycles. The number of benzene rings is 1. The molecule has 176 valence electrons. The van der Waals surface area contributed by atoms with Crippen molar-refractivity contribution in [1.82, 2.24) is 10.6 Å². The molecule has 0 bridgehead atoms. The lowest BCUT2D eigenvalue weighted by Crippen LogP contribution is -2.34. The highest BCUT2D eigenvalue weighted by Gasteiger charge is 2.38. The summed E-state index contributed by atoms with van der Waals surface area (Å²) >= 11 is 2.79. The van der Waals surface area contributed by atoms with Crippen molar-refractivity contribution in [3.63, 3.8) is 0 Å². The molecule has 1 saturated carbocycles. The fourth-order valence-corrected chi connectivity index (χ4v) is 6.07. The number of rotatable bonds is 8. The molecule has 2 aromatic rings. The van der Waals surface area contributed by atoms with Crippen molar-refractivity contribution in [2.24, 2.45) is 0 Å². The van der Waals surface area contributed by atoms with Crippen LogP contribution in [0.2, 0.25) is 0 Å². The zero-order valence-electron chi connectivity index (χ0n) is 19.0. The van der Waals surface area contributed by atoms with E-state index in [1.165, 1.54) is 23.1 Å². The van der Waals surface area contributed by atoms with Gasteiger partial charge in [0.2, 0.25) is 5.91 Å². The molecule has 1 aromatic heterocycles. The number of esters is 1. The Bertz CT molecular complexity index is 1130. The normalized spacial score (nSPS) is 18.4. The third-order valence-electron chi connectivity index (χ3n) is 5.90. The van der Waals surface area contributed by atoms with Crippen molar-refractivity contribution < 1.29 is 14.3 Å². The monoisotopic (exact) mass is 493 g/mol. The van der Waals surface area contributed by atoms with Crippen LogP contribution in [0.15, 0.2) is 64.0 Å². The maximum atomic E-state index is 13.2. The van der Waals surface area contributed by atoms with Gasteiger partial charge in [-0.15, -0.1) is 11.3 Å². The van der Waals surface area contributed by atoms with Crippen LogP contribution in [0.3, 0.4) is 0 Å². The van der Waals surface area contributed by atoms with Crippen molar-refractivity contribution >= 4 is 40.7 Å². The van der Waals surface area contributed by atoms with Gasteiger partial charge in [0.05, 0.1) is 46.2 Å². The van der Waals surface area contributed by atoms with Gasteiger partial charge in [-0.05, 0) is 36.8 Å². The minimum atomic E-state index is -0.569. The second-order valence-electron chi connectivity index (χ2n) is 8.14. The molecule has 2 N–H and O–H groups in total.